The van der Waals surface area contributed by atoms with Crippen molar-refractivity contribution in [3.8, 4) is 0 Å². The van der Waals surface area contributed by atoms with Gasteiger partial charge in [0.05, 0.1) is 11.2 Å². The van der Waals surface area contributed by atoms with Crippen molar-refractivity contribution in [2.24, 2.45) is 0 Å². The van der Waals surface area contributed by atoms with Crippen LogP contribution in [0.25, 0.3) is 0 Å². The summed E-state index contributed by atoms with van der Waals surface area (Å²) in [4.78, 5) is 2.51. The average Bonchev–Trinajstić information content (AvgIpc) is 2.90. The molecule has 1 heterocycles. The molecule has 3 nitrogen and oxygen atoms in total. The second-order valence-electron chi connectivity index (χ2n) is 10.2. The number of aryl methyl sites for hydroxylation is 1. The van der Waals surface area contributed by atoms with Gasteiger partial charge in [-0.15, -0.1) is 11.3 Å². The van der Waals surface area contributed by atoms with Crippen LogP contribution in [-0.2, 0) is 17.3 Å². The standard InChI is InChI=1S/C22H42O3SSi/c1-20(2,3)27(7,8)25-16-12-10-9-11-13-18-14-15-19(26-18)17-22(6,24)21(4,5)23/h14-15,23-24H,9-13,16-17H2,1-8H3. The highest BCUT2D eigenvalue weighted by molar-refractivity contribution is 7.12. The fraction of sp³-hybridized carbons (Fsp3) is 0.818. The minimum absolute atomic E-state index is 0.291. The van der Waals surface area contributed by atoms with E-state index in [0.29, 0.717) is 11.5 Å². The first-order valence-electron chi connectivity index (χ1n) is 10.3. The van der Waals surface area contributed by atoms with Gasteiger partial charge in [0.2, 0.25) is 0 Å². The Kier molecular flexibility index (Phi) is 8.77. The summed E-state index contributed by atoms with van der Waals surface area (Å²) < 4.78 is 6.23. The molecule has 0 bridgehead atoms. The summed E-state index contributed by atoms with van der Waals surface area (Å²) in [7, 11) is -1.59. The average molecular weight is 415 g/mol. The van der Waals surface area contributed by atoms with Crippen LogP contribution >= 0.6 is 11.3 Å². The molecule has 0 amide bonds. The molecule has 1 aromatic rings. The molecule has 0 saturated carbocycles. The zero-order chi connectivity index (χ0) is 20.9. The lowest BCUT2D eigenvalue weighted by Crippen LogP contribution is -2.49. The topological polar surface area (TPSA) is 49.7 Å². The van der Waals surface area contributed by atoms with Crippen molar-refractivity contribution >= 4 is 19.7 Å². The van der Waals surface area contributed by atoms with Gasteiger partial charge < -0.3 is 14.6 Å². The van der Waals surface area contributed by atoms with E-state index in [0.717, 1.165) is 24.3 Å². The monoisotopic (exact) mass is 414 g/mol. The number of thiophene rings is 1. The molecule has 0 aromatic carbocycles. The van der Waals surface area contributed by atoms with Gasteiger partial charge in [-0.1, -0.05) is 33.6 Å². The second kappa shape index (κ2) is 9.53. The lowest BCUT2D eigenvalue weighted by atomic mass is 9.84. The number of aliphatic hydroxyl groups is 2. The van der Waals surface area contributed by atoms with Gasteiger partial charge in [0.1, 0.15) is 0 Å². The van der Waals surface area contributed by atoms with Crippen LogP contribution in [0.4, 0.5) is 0 Å². The molecule has 27 heavy (non-hydrogen) atoms. The van der Waals surface area contributed by atoms with E-state index in [4.69, 9.17) is 4.43 Å². The molecule has 1 atom stereocenters. The summed E-state index contributed by atoms with van der Waals surface area (Å²) in [6, 6.07) is 4.26. The Balaban J connectivity index is 2.26. The first-order valence-corrected chi connectivity index (χ1v) is 14.0. The quantitative estimate of drug-likeness (QED) is 0.348. The molecule has 0 spiro atoms. The molecule has 158 valence electrons. The van der Waals surface area contributed by atoms with Crippen molar-refractivity contribution in [2.45, 2.75) is 109 Å². The third kappa shape index (κ3) is 7.98. The van der Waals surface area contributed by atoms with Gasteiger partial charge in [0.25, 0.3) is 0 Å². The van der Waals surface area contributed by atoms with Crippen molar-refractivity contribution in [1.29, 1.82) is 0 Å². The predicted octanol–water partition coefficient (Wildman–Crippen LogP) is 5.94. The summed E-state index contributed by atoms with van der Waals surface area (Å²) >= 11 is 1.76. The molecule has 0 radical (unpaired) electrons. The molecule has 0 saturated heterocycles. The first-order chi connectivity index (χ1) is 12.2. The number of hydrogen-bond acceptors (Lipinski definition) is 4. The Morgan fingerprint density at radius 3 is 2.00 bits per heavy atom. The summed E-state index contributed by atoms with van der Waals surface area (Å²) in [5.41, 5.74) is -2.22. The van der Waals surface area contributed by atoms with E-state index in [1.807, 2.05) is 0 Å². The lowest BCUT2D eigenvalue weighted by Gasteiger charge is -2.36. The highest BCUT2D eigenvalue weighted by Crippen LogP contribution is 2.36. The maximum Gasteiger partial charge on any atom is 0.191 e. The predicted molar refractivity (Wildman–Crippen MR) is 120 cm³/mol. The number of unbranched alkanes of at least 4 members (excludes halogenated alkanes) is 3. The van der Waals surface area contributed by atoms with Crippen LogP contribution < -0.4 is 0 Å². The van der Waals surface area contributed by atoms with Gasteiger partial charge in [0, 0.05) is 22.8 Å². The Bertz CT molecular complexity index is 565. The molecular formula is C22H42O3SSi. The highest BCUT2D eigenvalue weighted by atomic mass is 32.1. The fourth-order valence-electron chi connectivity index (χ4n) is 2.51. The van der Waals surface area contributed by atoms with Gasteiger partial charge >= 0.3 is 0 Å². The molecule has 0 fully saturated rings. The fourth-order valence-corrected chi connectivity index (χ4v) is 4.80. The molecule has 1 rings (SSSR count). The Hall–Kier alpha value is -0.203. The molecule has 5 heteroatoms. The number of hydrogen-bond donors (Lipinski definition) is 2. The van der Waals surface area contributed by atoms with Crippen LogP contribution in [0.15, 0.2) is 12.1 Å². The van der Waals surface area contributed by atoms with Gasteiger partial charge in [-0.3, -0.25) is 0 Å². The Morgan fingerprint density at radius 1 is 0.889 bits per heavy atom. The third-order valence-corrected chi connectivity index (χ3v) is 11.8. The van der Waals surface area contributed by atoms with Crippen molar-refractivity contribution in [3.63, 3.8) is 0 Å². The van der Waals surface area contributed by atoms with Crippen molar-refractivity contribution in [3.05, 3.63) is 21.9 Å². The van der Waals surface area contributed by atoms with Crippen molar-refractivity contribution in [2.75, 3.05) is 6.61 Å². The maximum atomic E-state index is 10.5. The van der Waals surface area contributed by atoms with Crippen LogP contribution in [-0.4, -0.2) is 36.3 Å². The highest BCUT2D eigenvalue weighted by Gasteiger charge is 2.38. The van der Waals surface area contributed by atoms with Crippen LogP contribution in [0.3, 0.4) is 0 Å². The van der Waals surface area contributed by atoms with E-state index in [-0.39, 0.29) is 0 Å². The van der Waals surface area contributed by atoms with Crippen molar-refractivity contribution in [1.82, 2.24) is 0 Å². The summed E-state index contributed by atoms with van der Waals surface area (Å²) in [5.74, 6) is 0. The van der Waals surface area contributed by atoms with E-state index < -0.39 is 19.5 Å². The first kappa shape index (κ1) is 24.8. The minimum Gasteiger partial charge on any atom is -0.417 e. The molecule has 0 aliphatic carbocycles. The Labute approximate surface area is 172 Å². The maximum absolute atomic E-state index is 10.5. The van der Waals surface area contributed by atoms with E-state index in [9.17, 15) is 10.2 Å². The summed E-state index contributed by atoms with van der Waals surface area (Å²) in [6.07, 6.45) is 6.39. The van der Waals surface area contributed by atoms with Gasteiger partial charge in [-0.2, -0.15) is 0 Å². The zero-order valence-corrected chi connectivity index (χ0v) is 20.6. The van der Waals surface area contributed by atoms with Gasteiger partial charge in [-0.05, 0) is 70.3 Å². The molecule has 1 aromatic heterocycles. The van der Waals surface area contributed by atoms with Gasteiger partial charge in [-0.25, -0.2) is 0 Å². The van der Waals surface area contributed by atoms with Crippen LogP contribution in [0.5, 0.6) is 0 Å². The number of rotatable bonds is 11. The molecule has 0 aliphatic rings. The van der Waals surface area contributed by atoms with Crippen molar-refractivity contribution < 1.29 is 14.6 Å². The van der Waals surface area contributed by atoms with Crippen LogP contribution in [0.2, 0.25) is 18.1 Å². The van der Waals surface area contributed by atoms with E-state index in [2.05, 4.69) is 46.0 Å². The smallest absolute Gasteiger partial charge is 0.191 e. The molecular weight excluding hydrogens is 372 g/mol. The molecule has 0 aliphatic heterocycles. The van der Waals surface area contributed by atoms with E-state index >= 15 is 0 Å². The van der Waals surface area contributed by atoms with E-state index in [1.54, 1.807) is 32.1 Å². The largest absolute Gasteiger partial charge is 0.417 e. The molecule has 1 unspecified atom stereocenters. The second-order valence-corrected chi connectivity index (χ2v) is 16.2. The SMILES string of the molecule is CC(C)(O)C(C)(O)Cc1ccc(CCCCCCO[Si](C)(C)C(C)(C)C)s1. The van der Waals surface area contributed by atoms with Crippen LogP contribution in [0, 0.1) is 0 Å². The third-order valence-electron chi connectivity index (χ3n) is 6.14. The van der Waals surface area contributed by atoms with Crippen LogP contribution in [0.1, 0.15) is 77.0 Å². The molecule has 2 N–H and O–H groups in total. The zero-order valence-electron chi connectivity index (χ0n) is 18.8. The summed E-state index contributed by atoms with van der Waals surface area (Å²) in [6.45, 7) is 17.4. The van der Waals surface area contributed by atoms with Gasteiger partial charge in [0.15, 0.2) is 8.32 Å². The van der Waals surface area contributed by atoms with E-state index in [1.165, 1.54) is 24.1 Å². The normalized spacial score (nSPS) is 15.8. The lowest BCUT2D eigenvalue weighted by molar-refractivity contribution is -0.118. The summed E-state index contributed by atoms with van der Waals surface area (Å²) in [5, 5.41) is 20.9. The minimum atomic E-state index is -1.59. The Morgan fingerprint density at radius 2 is 1.44 bits per heavy atom.